The summed E-state index contributed by atoms with van der Waals surface area (Å²) in [4.78, 5) is 2.51. The predicted octanol–water partition coefficient (Wildman–Crippen LogP) is 1.07. The third-order valence-corrected chi connectivity index (χ3v) is 2.80. The molecule has 3 heteroatoms. The molecule has 0 saturated carbocycles. The maximum Gasteiger partial charge on any atom is 0.0599 e. The van der Waals surface area contributed by atoms with Crippen molar-refractivity contribution in [1.29, 1.82) is 0 Å². The summed E-state index contributed by atoms with van der Waals surface area (Å²) in [6.07, 6.45) is 4.58. The van der Waals surface area contributed by atoms with Gasteiger partial charge in [0.2, 0.25) is 0 Å². The summed E-state index contributed by atoms with van der Waals surface area (Å²) in [5.41, 5.74) is 0.994. The van der Waals surface area contributed by atoms with E-state index in [1.165, 1.54) is 19.4 Å². The first-order chi connectivity index (χ1) is 5.40. The molecule has 0 spiro atoms. The largest absolute Gasteiger partial charge is 0.411 e. The van der Waals surface area contributed by atoms with Crippen LogP contribution in [-0.4, -0.2) is 35.0 Å². The molecule has 62 valence electrons. The molecule has 0 aliphatic carbocycles. The van der Waals surface area contributed by atoms with E-state index in [-0.39, 0.29) is 0 Å². The van der Waals surface area contributed by atoms with Gasteiger partial charge in [-0.2, -0.15) is 0 Å². The fraction of sp³-hybridized carbons (Fsp3) is 0.875. The zero-order valence-electron chi connectivity index (χ0n) is 6.66. The van der Waals surface area contributed by atoms with Crippen molar-refractivity contribution in [3.05, 3.63) is 0 Å². The lowest BCUT2D eigenvalue weighted by atomic mass is 10.0. The molecule has 2 aliphatic heterocycles. The summed E-state index contributed by atoms with van der Waals surface area (Å²) in [5, 5.41) is 11.9. The first kappa shape index (κ1) is 7.10. The van der Waals surface area contributed by atoms with Gasteiger partial charge in [-0.1, -0.05) is 5.16 Å². The Bertz CT molecular complexity index is 179. The molecular formula is C8H14N2O. The van der Waals surface area contributed by atoms with Crippen molar-refractivity contribution in [3.8, 4) is 0 Å². The molecule has 2 rings (SSSR count). The minimum absolute atomic E-state index is 0.689. The standard InChI is InChI=1S/C8H14N2O/c11-9-7-3-5-10-4-1-2-8(10)6-7/h8,11H,1-6H2. The van der Waals surface area contributed by atoms with Crippen molar-refractivity contribution < 1.29 is 5.21 Å². The van der Waals surface area contributed by atoms with Crippen LogP contribution in [0.1, 0.15) is 25.7 Å². The molecule has 0 amide bonds. The van der Waals surface area contributed by atoms with Gasteiger partial charge in [0.05, 0.1) is 5.71 Å². The zero-order chi connectivity index (χ0) is 7.68. The van der Waals surface area contributed by atoms with Crippen LogP contribution in [0.2, 0.25) is 0 Å². The summed E-state index contributed by atoms with van der Waals surface area (Å²) in [6.45, 7) is 2.35. The molecule has 2 saturated heterocycles. The van der Waals surface area contributed by atoms with Crippen molar-refractivity contribution in [3.63, 3.8) is 0 Å². The van der Waals surface area contributed by atoms with Gasteiger partial charge in [-0.15, -0.1) is 0 Å². The van der Waals surface area contributed by atoms with Crippen LogP contribution in [0.3, 0.4) is 0 Å². The van der Waals surface area contributed by atoms with E-state index in [0.717, 1.165) is 25.1 Å². The highest BCUT2D eigenvalue weighted by Crippen LogP contribution is 2.24. The van der Waals surface area contributed by atoms with Gasteiger partial charge in [0, 0.05) is 25.4 Å². The van der Waals surface area contributed by atoms with Gasteiger partial charge >= 0.3 is 0 Å². The Kier molecular flexibility index (Phi) is 1.82. The van der Waals surface area contributed by atoms with Gasteiger partial charge in [-0.05, 0) is 19.4 Å². The quantitative estimate of drug-likeness (QED) is 0.418. The van der Waals surface area contributed by atoms with Crippen molar-refractivity contribution >= 4 is 5.71 Å². The lowest BCUT2D eigenvalue weighted by molar-refractivity contribution is 0.240. The summed E-state index contributed by atoms with van der Waals surface area (Å²) in [5.74, 6) is 0. The summed E-state index contributed by atoms with van der Waals surface area (Å²) >= 11 is 0. The highest BCUT2D eigenvalue weighted by molar-refractivity contribution is 5.85. The lowest BCUT2D eigenvalue weighted by Gasteiger charge is -2.29. The second-order valence-corrected chi connectivity index (χ2v) is 3.45. The first-order valence-electron chi connectivity index (χ1n) is 4.34. The van der Waals surface area contributed by atoms with Crippen LogP contribution >= 0.6 is 0 Å². The van der Waals surface area contributed by atoms with Crippen LogP contribution < -0.4 is 0 Å². The molecule has 2 heterocycles. The minimum atomic E-state index is 0.689. The summed E-state index contributed by atoms with van der Waals surface area (Å²) < 4.78 is 0. The van der Waals surface area contributed by atoms with Gasteiger partial charge in [-0.25, -0.2) is 0 Å². The monoisotopic (exact) mass is 154 g/mol. The third-order valence-electron chi connectivity index (χ3n) is 2.80. The van der Waals surface area contributed by atoms with Crippen molar-refractivity contribution in [2.45, 2.75) is 31.7 Å². The Hall–Kier alpha value is -0.570. The SMILES string of the molecule is ON=C1CCN2CCCC2C1. The van der Waals surface area contributed by atoms with Crippen LogP contribution in [-0.2, 0) is 0 Å². The van der Waals surface area contributed by atoms with Gasteiger partial charge in [0.25, 0.3) is 0 Å². The number of rotatable bonds is 0. The van der Waals surface area contributed by atoms with E-state index in [1.54, 1.807) is 0 Å². The number of hydrogen-bond donors (Lipinski definition) is 1. The van der Waals surface area contributed by atoms with Crippen LogP contribution in [0.15, 0.2) is 5.16 Å². The number of nitrogens with zero attached hydrogens (tertiary/aromatic N) is 2. The molecule has 0 aromatic rings. The van der Waals surface area contributed by atoms with Crippen LogP contribution in [0.5, 0.6) is 0 Å². The molecule has 0 aromatic carbocycles. The van der Waals surface area contributed by atoms with Gasteiger partial charge in [0.1, 0.15) is 0 Å². The van der Waals surface area contributed by atoms with Gasteiger partial charge < -0.3 is 5.21 Å². The van der Waals surface area contributed by atoms with Gasteiger partial charge in [0.15, 0.2) is 0 Å². The Labute approximate surface area is 66.7 Å². The van der Waals surface area contributed by atoms with Crippen LogP contribution in [0, 0.1) is 0 Å². The van der Waals surface area contributed by atoms with Crippen molar-refractivity contribution in [1.82, 2.24) is 4.90 Å². The molecule has 2 fully saturated rings. The van der Waals surface area contributed by atoms with Crippen molar-refractivity contribution in [2.24, 2.45) is 5.16 Å². The molecule has 2 aliphatic rings. The Morgan fingerprint density at radius 2 is 2.36 bits per heavy atom. The van der Waals surface area contributed by atoms with E-state index in [1.807, 2.05) is 0 Å². The molecule has 1 atom stereocenters. The average molecular weight is 154 g/mol. The van der Waals surface area contributed by atoms with E-state index in [4.69, 9.17) is 5.21 Å². The molecule has 1 N–H and O–H groups in total. The normalized spacial score (nSPS) is 36.0. The average Bonchev–Trinajstić information content (AvgIpc) is 2.50. The number of oxime groups is 1. The Morgan fingerprint density at radius 3 is 3.18 bits per heavy atom. The lowest BCUT2D eigenvalue weighted by Crippen LogP contribution is -2.38. The van der Waals surface area contributed by atoms with E-state index in [9.17, 15) is 0 Å². The van der Waals surface area contributed by atoms with Crippen LogP contribution in [0.25, 0.3) is 0 Å². The van der Waals surface area contributed by atoms with E-state index in [2.05, 4.69) is 10.1 Å². The Balaban J connectivity index is 2.02. The second-order valence-electron chi connectivity index (χ2n) is 3.45. The van der Waals surface area contributed by atoms with E-state index < -0.39 is 0 Å². The number of piperidine rings is 1. The predicted molar refractivity (Wildman–Crippen MR) is 43.1 cm³/mol. The molecule has 11 heavy (non-hydrogen) atoms. The molecule has 0 bridgehead atoms. The highest BCUT2D eigenvalue weighted by atomic mass is 16.4. The van der Waals surface area contributed by atoms with Gasteiger partial charge in [-0.3, -0.25) is 4.90 Å². The molecule has 1 unspecified atom stereocenters. The number of hydrogen-bond acceptors (Lipinski definition) is 3. The second kappa shape index (κ2) is 2.81. The maximum absolute atomic E-state index is 8.58. The smallest absolute Gasteiger partial charge is 0.0599 e. The summed E-state index contributed by atoms with van der Waals surface area (Å²) in [7, 11) is 0. The van der Waals surface area contributed by atoms with E-state index in [0.29, 0.717) is 6.04 Å². The Morgan fingerprint density at radius 1 is 1.45 bits per heavy atom. The minimum Gasteiger partial charge on any atom is -0.411 e. The zero-order valence-corrected chi connectivity index (χ0v) is 6.66. The fourth-order valence-electron chi connectivity index (χ4n) is 2.16. The molecule has 0 radical (unpaired) electrons. The molecule has 3 nitrogen and oxygen atoms in total. The highest BCUT2D eigenvalue weighted by Gasteiger charge is 2.29. The molecule has 0 aromatic heterocycles. The topological polar surface area (TPSA) is 35.8 Å². The summed E-state index contributed by atoms with van der Waals surface area (Å²) in [6, 6.07) is 0.689. The van der Waals surface area contributed by atoms with Crippen molar-refractivity contribution in [2.75, 3.05) is 13.1 Å². The fourth-order valence-corrected chi connectivity index (χ4v) is 2.16. The third kappa shape index (κ3) is 1.25. The molecular weight excluding hydrogens is 140 g/mol. The van der Waals surface area contributed by atoms with Crippen LogP contribution in [0.4, 0.5) is 0 Å². The maximum atomic E-state index is 8.58. The number of fused-ring (bicyclic) bond motifs is 1. The first-order valence-corrected chi connectivity index (χ1v) is 4.34. The van der Waals surface area contributed by atoms with E-state index >= 15 is 0 Å².